The molecule has 0 aliphatic carbocycles. The van der Waals surface area contributed by atoms with Gasteiger partial charge in [-0.25, -0.2) is 0 Å². The van der Waals surface area contributed by atoms with Crippen LogP contribution in [0.1, 0.15) is 25.3 Å². The second-order valence-corrected chi connectivity index (χ2v) is 6.67. The van der Waals surface area contributed by atoms with Crippen molar-refractivity contribution in [2.75, 3.05) is 25.1 Å². The van der Waals surface area contributed by atoms with Crippen molar-refractivity contribution in [2.45, 2.75) is 26.3 Å². The van der Waals surface area contributed by atoms with Crippen molar-refractivity contribution >= 4 is 5.69 Å². The van der Waals surface area contributed by atoms with Gasteiger partial charge in [0.15, 0.2) is 0 Å². The van der Waals surface area contributed by atoms with Crippen molar-refractivity contribution in [1.82, 2.24) is 0 Å². The molecule has 0 atom stereocenters. The maximum atomic E-state index is 5.94. The van der Waals surface area contributed by atoms with Gasteiger partial charge in [0, 0.05) is 12.1 Å². The fourth-order valence-electron chi connectivity index (χ4n) is 2.87. The first-order valence-electron chi connectivity index (χ1n) is 10.2. The lowest BCUT2D eigenvalue weighted by molar-refractivity contribution is 0.218. The number of unbranched alkanes of at least 4 members (excludes halogenated alkanes) is 1. The van der Waals surface area contributed by atoms with E-state index in [1.807, 2.05) is 72.8 Å². The lowest BCUT2D eigenvalue weighted by Gasteiger charge is -2.15. The first-order chi connectivity index (χ1) is 14.4. The van der Waals surface area contributed by atoms with E-state index in [1.165, 1.54) is 0 Å². The van der Waals surface area contributed by atoms with Crippen LogP contribution >= 0.6 is 0 Å². The van der Waals surface area contributed by atoms with Gasteiger partial charge in [-0.05, 0) is 36.8 Å². The van der Waals surface area contributed by atoms with Gasteiger partial charge >= 0.3 is 0 Å². The highest BCUT2D eigenvalue weighted by Gasteiger charge is 2.06. The van der Waals surface area contributed by atoms with E-state index in [1.54, 1.807) is 0 Å². The molecule has 0 saturated heterocycles. The largest absolute Gasteiger partial charge is 0.493 e. The first-order valence-corrected chi connectivity index (χ1v) is 10.2. The lowest BCUT2D eigenvalue weighted by Crippen LogP contribution is -2.10. The number of anilines is 1. The predicted molar refractivity (Wildman–Crippen MR) is 118 cm³/mol. The predicted octanol–water partition coefficient (Wildman–Crippen LogP) is 5.94. The van der Waals surface area contributed by atoms with Gasteiger partial charge in [0.2, 0.25) is 0 Å². The Labute approximate surface area is 173 Å². The Balaban J connectivity index is 1.53. The van der Waals surface area contributed by atoms with E-state index in [0.717, 1.165) is 47.9 Å². The van der Waals surface area contributed by atoms with Gasteiger partial charge in [-0.3, -0.25) is 0 Å². The molecule has 0 aliphatic heterocycles. The van der Waals surface area contributed by atoms with Crippen molar-refractivity contribution in [2.24, 2.45) is 0 Å². The molecule has 0 fully saturated rings. The quantitative estimate of drug-likeness (QED) is 0.388. The molecule has 0 aromatic heterocycles. The third kappa shape index (κ3) is 6.75. The summed E-state index contributed by atoms with van der Waals surface area (Å²) in [6, 6.07) is 25.9. The highest BCUT2D eigenvalue weighted by Crippen LogP contribution is 2.26. The Hall–Kier alpha value is -3.14. The zero-order chi connectivity index (χ0) is 20.2. The molecule has 0 aliphatic rings. The average Bonchev–Trinajstić information content (AvgIpc) is 2.77. The highest BCUT2D eigenvalue weighted by atomic mass is 16.5. The Bertz CT molecular complexity index is 851. The van der Waals surface area contributed by atoms with E-state index < -0.39 is 0 Å². The Morgan fingerprint density at radius 2 is 1.31 bits per heavy atom. The van der Waals surface area contributed by atoms with Crippen molar-refractivity contribution in [1.29, 1.82) is 0 Å². The van der Waals surface area contributed by atoms with Gasteiger partial charge in [0.1, 0.15) is 30.5 Å². The van der Waals surface area contributed by atoms with Gasteiger partial charge in [-0.2, -0.15) is 0 Å². The third-order valence-corrected chi connectivity index (χ3v) is 4.44. The monoisotopic (exact) mass is 391 g/mol. The topological polar surface area (TPSA) is 39.7 Å². The van der Waals surface area contributed by atoms with Gasteiger partial charge in [-0.15, -0.1) is 0 Å². The molecule has 0 radical (unpaired) electrons. The maximum Gasteiger partial charge on any atom is 0.142 e. The SMILES string of the molecule is CCCCOc1ccccc1CNc1ccccc1OCCOc1ccccc1. The number of hydrogen-bond acceptors (Lipinski definition) is 4. The van der Waals surface area contributed by atoms with Crippen molar-refractivity contribution in [3.8, 4) is 17.2 Å². The summed E-state index contributed by atoms with van der Waals surface area (Å²) in [5.41, 5.74) is 2.08. The molecule has 3 rings (SSSR count). The Morgan fingerprint density at radius 1 is 0.655 bits per heavy atom. The fourth-order valence-corrected chi connectivity index (χ4v) is 2.87. The van der Waals surface area contributed by atoms with Crippen LogP contribution in [0.25, 0.3) is 0 Å². The van der Waals surface area contributed by atoms with E-state index >= 15 is 0 Å². The van der Waals surface area contributed by atoms with E-state index in [2.05, 4.69) is 18.3 Å². The molecule has 29 heavy (non-hydrogen) atoms. The zero-order valence-corrected chi connectivity index (χ0v) is 17.0. The second-order valence-electron chi connectivity index (χ2n) is 6.67. The lowest BCUT2D eigenvalue weighted by atomic mass is 10.2. The van der Waals surface area contributed by atoms with E-state index in [9.17, 15) is 0 Å². The average molecular weight is 392 g/mol. The molecular weight excluding hydrogens is 362 g/mol. The molecule has 1 N–H and O–H groups in total. The zero-order valence-electron chi connectivity index (χ0n) is 17.0. The maximum absolute atomic E-state index is 5.94. The van der Waals surface area contributed by atoms with Gasteiger partial charge in [-0.1, -0.05) is 61.9 Å². The van der Waals surface area contributed by atoms with E-state index in [0.29, 0.717) is 19.8 Å². The fraction of sp³-hybridized carbons (Fsp3) is 0.280. The minimum absolute atomic E-state index is 0.476. The molecule has 4 nitrogen and oxygen atoms in total. The van der Waals surface area contributed by atoms with Crippen LogP contribution in [-0.4, -0.2) is 19.8 Å². The second kappa shape index (κ2) is 11.6. The van der Waals surface area contributed by atoms with Crippen LogP contribution < -0.4 is 19.5 Å². The van der Waals surface area contributed by atoms with Crippen molar-refractivity contribution in [3.05, 3.63) is 84.4 Å². The van der Waals surface area contributed by atoms with Gasteiger partial charge in [0.25, 0.3) is 0 Å². The molecule has 0 amide bonds. The van der Waals surface area contributed by atoms with Crippen LogP contribution in [0.15, 0.2) is 78.9 Å². The van der Waals surface area contributed by atoms with Crippen molar-refractivity contribution in [3.63, 3.8) is 0 Å². The van der Waals surface area contributed by atoms with Crippen LogP contribution in [0, 0.1) is 0 Å². The molecule has 0 bridgehead atoms. The molecule has 0 unspecified atom stereocenters. The van der Waals surface area contributed by atoms with Crippen LogP contribution in [0.3, 0.4) is 0 Å². The van der Waals surface area contributed by atoms with Gasteiger partial charge < -0.3 is 19.5 Å². The van der Waals surface area contributed by atoms with Crippen LogP contribution in [0.4, 0.5) is 5.69 Å². The number of nitrogens with one attached hydrogen (secondary N) is 1. The summed E-state index contributed by atoms with van der Waals surface area (Å²) in [5.74, 6) is 2.60. The minimum Gasteiger partial charge on any atom is -0.493 e. The summed E-state index contributed by atoms with van der Waals surface area (Å²) in [7, 11) is 0. The van der Waals surface area contributed by atoms with Crippen LogP contribution in [0.2, 0.25) is 0 Å². The summed E-state index contributed by atoms with van der Waals surface area (Å²) in [5, 5.41) is 3.47. The summed E-state index contributed by atoms with van der Waals surface area (Å²) in [4.78, 5) is 0. The van der Waals surface area contributed by atoms with E-state index in [4.69, 9.17) is 14.2 Å². The van der Waals surface area contributed by atoms with Gasteiger partial charge in [0.05, 0.1) is 12.3 Å². The Morgan fingerprint density at radius 3 is 2.14 bits per heavy atom. The Kier molecular flexibility index (Phi) is 8.27. The standard InChI is InChI=1S/C25H29NO3/c1-2-3-17-28-24-15-9-7-11-21(24)20-26-23-14-8-10-16-25(23)29-19-18-27-22-12-5-4-6-13-22/h4-16,26H,2-3,17-20H2,1H3. The number of hydrogen-bond donors (Lipinski definition) is 1. The van der Waals surface area contributed by atoms with E-state index in [-0.39, 0.29) is 0 Å². The summed E-state index contributed by atoms with van der Waals surface area (Å²) in [6.07, 6.45) is 2.18. The summed E-state index contributed by atoms with van der Waals surface area (Å²) in [6.45, 7) is 4.55. The van der Waals surface area contributed by atoms with Crippen molar-refractivity contribution < 1.29 is 14.2 Å². The summed E-state index contributed by atoms with van der Waals surface area (Å²) < 4.78 is 17.6. The molecule has 3 aromatic carbocycles. The normalized spacial score (nSPS) is 10.4. The number of para-hydroxylation sites is 4. The smallest absolute Gasteiger partial charge is 0.142 e. The third-order valence-electron chi connectivity index (χ3n) is 4.44. The number of benzene rings is 3. The first kappa shape index (κ1) is 20.6. The number of ether oxygens (including phenoxy) is 3. The minimum atomic E-state index is 0.476. The molecular formula is C25H29NO3. The molecule has 0 saturated carbocycles. The molecule has 3 aromatic rings. The van der Waals surface area contributed by atoms with Crippen LogP contribution in [0.5, 0.6) is 17.2 Å². The molecule has 0 heterocycles. The summed E-state index contributed by atoms with van der Waals surface area (Å²) >= 11 is 0. The molecule has 4 heteroatoms. The molecule has 0 spiro atoms. The van der Waals surface area contributed by atoms with Crippen LogP contribution in [-0.2, 0) is 6.54 Å². The highest BCUT2D eigenvalue weighted by molar-refractivity contribution is 5.56. The number of rotatable bonds is 12. The molecule has 152 valence electrons.